The molecule has 5 heteroatoms. The van der Waals surface area contributed by atoms with Crippen molar-refractivity contribution in [2.24, 2.45) is 0 Å². The number of hydrogen-bond acceptors (Lipinski definition) is 4. The Balaban J connectivity index is 1.20. The lowest BCUT2D eigenvalue weighted by atomic mass is 9.93. The van der Waals surface area contributed by atoms with Crippen LogP contribution in [0.1, 0.15) is 28.4 Å². The summed E-state index contributed by atoms with van der Waals surface area (Å²) in [5, 5.41) is 6.66. The van der Waals surface area contributed by atoms with Crippen molar-refractivity contribution in [3.63, 3.8) is 0 Å². The van der Waals surface area contributed by atoms with Crippen molar-refractivity contribution in [1.29, 1.82) is 0 Å². The average molecular weight is 497 g/mol. The Labute approximate surface area is 222 Å². The number of carbonyl (C=O) groups excluding carboxylic acids is 1. The molecule has 0 spiro atoms. The van der Waals surface area contributed by atoms with Gasteiger partial charge in [0.2, 0.25) is 0 Å². The highest BCUT2D eigenvalue weighted by Crippen LogP contribution is 2.35. The number of aldehydes is 1. The minimum atomic E-state index is -0.391. The van der Waals surface area contributed by atoms with Gasteiger partial charge in [-0.15, -0.1) is 0 Å². The maximum absolute atomic E-state index is 11.7. The molecule has 1 aliphatic rings. The molecule has 6 rings (SSSR count). The van der Waals surface area contributed by atoms with Crippen LogP contribution in [-0.4, -0.2) is 15.8 Å². The lowest BCUT2D eigenvalue weighted by Gasteiger charge is -2.21. The van der Waals surface area contributed by atoms with Crippen molar-refractivity contribution in [2.45, 2.75) is 19.1 Å². The maximum Gasteiger partial charge on any atom is 0.146 e. The van der Waals surface area contributed by atoms with E-state index < -0.39 is 6.04 Å². The van der Waals surface area contributed by atoms with Gasteiger partial charge in [-0.05, 0) is 59.3 Å². The van der Waals surface area contributed by atoms with E-state index in [4.69, 9.17) is 4.98 Å². The highest BCUT2D eigenvalue weighted by atomic mass is 16.1. The number of carbonyl (C=O) groups is 1. The van der Waals surface area contributed by atoms with E-state index >= 15 is 0 Å². The zero-order chi connectivity index (χ0) is 25.7. The van der Waals surface area contributed by atoms with Crippen LogP contribution in [0.15, 0.2) is 116 Å². The second kappa shape index (κ2) is 10.7. The van der Waals surface area contributed by atoms with Crippen molar-refractivity contribution >= 4 is 12.4 Å². The standard InChI is InChI=1S/C33H28N4O/c38-23-32-30-20-29(26-6-2-1-3-7-26)33(36-31(30)16-17-35-32)27-12-8-24(9-13-27)21-34-22-25-10-14-28(15-11-25)37-18-4-5-19-37/h1-20,23,32,34-35H,21-22H2. The van der Waals surface area contributed by atoms with Crippen LogP contribution in [-0.2, 0) is 17.9 Å². The molecule has 3 heterocycles. The molecule has 2 N–H and O–H groups in total. The first-order valence-electron chi connectivity index (χ1n) is 12.8. The largest absolute Gasteiger partial charge is 0.378 e. The van der Waals surface area contributed by atoms with Gasteiger partial charge in [-0.3, -0.25) is 0 Å². The Bertz CT molecular complexity index is 1550. The van der Waals surface area contributed by atoms with Crippen LogP contribution in [0.2, 0.25) is 0 Å². The molecule has 0 saturated heterocycles. The fraction of sp³-hybridized carbons (Fsp3) is 0.0909. The Morgan fingerprint density at radius 3 is 2.18 bits per heavy atom. The zero-order valence-electron chi connectivity index (χ0n) is 20.9. The summed E-state index contributed by atoms with van der Waals surface area (Å²) in [6, 6.07) is 33.2. The molecule has 5 aromatic rings. The van der Waals surface area contributed by atoms with Gasteiger partial charge < -0.3 is 20.0 Å². The molecule has 0 saturated carbocycles. The normalized spacial score (nSPS) is 14.1. The van der Waals surface area contributed by atoms with Gasteiger partial charge in [-0.25, -0.2) is 4.98 Å². The molecule has 0 radical (unpaired) electrons. The van der Waals surface area contributed by atoms with Gasteiger partial charge in [0, 0.05) is 47.9 Å². The van der Waals surface area contributed by atoms with Gasteiger partial charge in [0.05, 0.1) is 11.4 Å². The van der Waals surface area contributed by atoms with Crippen molar-refractivity contribution < 1.29 is 4.79 Å². The summed E-state index contributed by atoms with van der Waals surface area (Å²) in [6.45, 7) is 1.58. The molecule has 1 unspecified atom stereocenters. The molecule has 2 aromatic heterocycles. The summed E-state index contributed by atoms with van der Waals surface area (Å²) < 4.78 is 2.10. The average Bonchev–Trinajstić information content (AvgIpc) is 3.53. The minimum absolute atomic E-state index is 0.391. The summed E-state index contributed by atoms with van der Waals surface area (Å²) in [6.07, 6.45) is 8.75. The molecule has 0 aliphatic carbocycles. The van der Waals surface area contributed by atoms with Crippen molar-refractivity contribution in [2.75, 3.05) is 0 Å². The van der Waals surface area contributed by atoms with E-state index in [0.29, 0.717) is 0 Å². The molecule has 186 valence electrons. The molecule has 1 atom stereocenters. The first kappa shape index (κ1) is 23.6. The molecule has 38 heavy (non-hydrogen) atoms. The number of fused-ring (bicyclic) bond motifs is 1. The van der Waals surface area contributed by atoms with Crippen molar-refractivity contribution in [3.8, 4) is 28.1 Å². The molecule has 5 nitrogen and oxygen atoms in total. The maximum atomic E-state index is 11.7. The van der Waals surface area contributed by atoms with Gasteiger partial charge in [0.1, 0.15) is 12.3 Å². The molecular formula is C33H28N4O. The lowest BCUT2D eigenvalue weighted by Crippen LogP contribution is -2.21. The van der Waals surface area contributed by atoms with E-state index in [1.165, 1.54) is 11.1 Å². The fourth-order valence-electron chi connectivity index (χ4n) is 4.84. The van der Waals surface area contributed by atoms with Crippen LogP contribution in [0.5, 0.6) is 0 Å². The highest BCUT2D eigenvalue weighted by molar-refractivity contribution is 5.84. The summed E-state index contributed by atoms with van der Waals surface area (Å²) in [5.41, 5.74) is 9.39. The number of nitrogens with zero attached hydrogens (tertiary/aromatic N) is 2. The zero-order valence-corrected chi connectivity index (χ0v) is 20.9. The van der Waals surface area contributed by atoms with E-state index in [1.807, 2.05) is 36.4 Å². The third-order valence-electron chi connectivity index (χ3n) is 6.88. The van der Waals surface area contributed by atoms with Gasteiger partial charge in [-0.1, -0.05) is 66.7 Å². The highest BCUT2D eigenvalue weighted by Gasteiger charge is 2.21. The van der Waals surface area contributed by atoms with E-state index in [0.717, 1.165) is 58.7 Å². The SMILES string of the molecule is O=CC1NC=Cc2nc(-c3ccc(CNCc4ccc(-n5cccc5)cc4)cc3)c(-c3ccccc3)cc21. The minimum Gasteiger partial charge on any atom is -0.378 e. The molecule has 0 bridgehead atoms. The predicted molar refractivity (Wildman–Crippen MR) is 152 cm³/mol. The van der Waals surface area contributed by atoms with Crippen LogP contribution < -0.4 is 10.6 Å². The van der Waals surface area contributed by atoms with Crippen LogP contribution in [0, 0.1) is 0 Å². The second-order valence-electron chi connectivity index (χ2n) is 9.40. The van der Waals surface area contributed by atoms with Gasteiger partial charge in [0.15, 0.2) is 0 Å². The molecule has 0 fully saturated rings. The van der Waals surface area contributed by atoms with Crippen LogP contribution in [0.4, 0.5) is 0 Å². The van der Waals surface area contributed by atoms with Crippen molar-refractivity contribution in [3.05, 3.63) is 138 Å². The van der Waals surface area contributed by atoms with E-state index in [2.05, 4.69) is 94.3 Å². The van der Waals surface area contributed by atoms with Crippen LogP contribution >= 0.6 is 0 Å². The van der Waals surface area contributed by atoms with Crippen LogP contribution in [0.25, 0.3) is 34.1 Å². The Hall–Kier alpha value is -4.74. The summed E-state index contributed by atoms with van der Waals surface area (Å²) >= 11 is 0. The molecular weight excluding hydrogens is 468 g/mol. The summed E-state index contributed by atoms with van der Waals surface area (Å²) in [7, 11) is 0. The summed E-state index contributed by atoms with van der Waals surface area (Å²) in [5.74, 6) is 0. The van der Waals surface area contributed by atoms with E-state index in [1.54, 1.807) is 6.20 Å². The first-order valence-corrected chi connectivity index (χ1v) is 12.8. The number of rotatable bonds is 8. The Morgan fingerprint density at radius 2 is 1.50 bits per heavy atom. The quantitative estimate of drug-likeness (QED) is 0.247. The third-order valence-corrected chi connectivity index (χ3v) is 6.88. The summed E-state index contributed by atoms with van der Waals surface area (Å²) in [4.78, 5) is 16.7. The fourth-order valence-corrected chi connectivity index (χ4v) is 4.84. The Morgan fingerprint density at radius 1 is 0.816 bits per heavy atom. The number of pyridine rings is 1. The van der Waals surface area contributed by atoms with Crippen molar-refractivity contribution in [1.82, 2.24) is 20.2 Å². The topological polar surface area (TPSA) is 59.0 Å². The third kappa shape index (κ3) is 4.92. The van der Waals surface area contributed by atoms with E-state index in [9.17, 15) is 4.79 Å². The van der Waals surface area contributed by atoms with Gasteiger partial charge in [0.25, 0.3) is 0 Å². The monoisotopic (exact) mass is 496 g/mol. The molecule has 1 aliphatic heterocycles. The number of benzene rings is 3. The number of aromatic nitrogens is 2. The van der Waals surface area contributed by atoms with Crippen LogP contribution in [0.3, 0.4) is 0 Å². The van der Waals surface area contributed by atoms with Gasteiger partial charge in [-0.2, -0.15) is 0 Å². The number of hydrogen-bond donors (Lipinski definition) is 2. The smallest absolute Gasteiger partial charge is 0.146 e. The first-order chi connectivity index (χ1) is 18.8. The lowest BCUT2D eigenvalue weighted by molar-refractivity contribution is -0.109. The Kier molecular flexibility index (Phi) is 6.66. The van der Waals surface area contributed by atoms with E-state index in [-0.39, 0.29) is 0 Å². The predicted octanol–water partition coefficient (Wildman–Crippen LogP) is 6.31. The number of nitrogens with one attached hydrogen (secondary N) is 2. The van der Waals surface area contributed by atoms with Gasteiger partial charge >= 0.3 is 0 Å². The second-order valence-corrected chi connectivity index (χ2v) is 9.40. The molecule has 3 aromatic carbocycles. The molecule has 0 amide bonds.